The van der Waals surface area contributed by atoms with Gasteiger partial charge < -0.3 is 5.73 Å². The fourth-order valence-electron chi connectivity index (χ4n) is 2.13. The maximum atomic E-state index is 12.5. The van der Waals surface area contributed by atoms with E-state index in [1.807, 2.05) is 13.0 Å². The van der Waals surface area contributed by atoms with Gasteiger partial charge in [0.05, 0.1) is 0 Å². The van der Waals surface area contributed by atoms with Gasteiger partial charge in [-0.1, -0.05) is 6.92 Å². The molecule has 7 heteroatoms. The molecule has 0 saturated heterocycles. The zero-order chi connectivity index (χ0) is 13.3. The van der Waals surface area contributed by atoms with Crippen molar-refractivity contribution >= 4 is 33.8 Å². The maximum absolute atomic E-state index is 12.5. The number of hydrogen-bond donors (Lipinski definition) is 1. The SMILES string of the molecule is CCc1ccc(S(=O)(=O)N(C)C(CN)C2CC2)s1.Cl. The number of hydrogen-bond acceptors (Lipinski definition) is 4. The molecule has 2 N–H and O–H groups in total. The molecule has 1 saturated carbocycles. The second-order valence-corrected chi connectivity index (χ2v) is 8.13. The Labute approximate surface area is 125 Å². The van der Waals surface area contributed by atoms with Crippen molar-refractivity contribution < 1.29 is 8.42 Å². The van der Waals surface area contributed by atoms with Crippen LogP contribution >= 0.6 is 23.7 Å². The summed E-state index contributed by atoms with van der Waals surface area (Å²) >= 11 is 1.36. The highest BCUT2D eigenvalue weighted by atomic mass is 35.5. The Balaban J connectivity index is 0.00000180. The molecule has 0 aliphatic heterocycles. The summed E-state index contributed by atoms with van der Waals surface area (Å²) in [5, 5.41) is 0. The Kier molecular flexibility index (Phi) is 5.82. The molecule has 0 aromatic carbocycles. The largest absolute Gasteiger partial charge is 0.329 e. The van der Waals surface area contributed by atoms with Gasteiger partial charge in [0.15, 0.2) is 0 Å². The number of sulfonamides is 1. The fourth-order valence-corrected chi connectivity index (χ4v) is 5.03. The number of halogens is 1. The van der Waals surface area contributed by atoms with Crippen LogP contribution in [0.25, 0.3) is 0 Å². The Morgan fingerprint density at radius 2 is 2.11 bits per heavy atom. The van der Waals surface area contributed by atoms with Gasteiger partial charge in [0, 0.05) is 24.5 Å². The lowest BCUT2D eigenvalue weighted by molar-refractivity contribution is 0.341. The molecule has 0 amide bonds. The molecule has 19 heavy (non-hydrogen) atoms. The molecular weight excluding hydrogens is 304 g/mol. The molecule has 4 nitrogen and oxygen atoms in total. The minimum Gasteiger partial charge on any atom is -0.329 e. The predicted molar refractivity (Wildman–Crippen MR) is 81.5 cm³/mol. The molecule has 0 bridgehead atoms. The van der Waals surface area contributed by atoms with Gasteiger partial charge in [-0.15, -0.1) is 23.7 Å². The lowest BCUT2D eigenvalue weighted by atomic mass is 10.2. The number of nitrogens with zero attached hydrogens (tertiary/aromatic N) is 1. The standard InChI is InChI=1S/C12H20N2O2S2.ClH/c1-3-10-6-7-12(17-10)18(15,16)14(2)11(8-13)9-4-5-9;/h6-7,9,11H,3-5,8,13H2,1-2H3;1H. The number of nitrogens with two attached hydrogens (primary N) is 1. The first-order valence-electron chi connectivity index (χ1n) is 6.27. The average molecular weight is 325 g/mol. The van der Waals surface area contributed by atoms with Gasteiger partial charge in [0.25, 0.3) is 10.0 Å². The van der Waals surface area contributed by atoms with Crippen LogP contribution in [0.15, 0.2) is 16.3 Å². The van der Waals surface area contributed by atoms with Crippen LogP contribution in [-0.4, -0.2) is 32.4 Å². The van der Waals surface area contributed by atoms with E-state index in [9.17, 15) is 8.42 Å². The van der Waals surface area contributed by atoms with Crippen molar-refractivity contribution in [2.75, 3.05) is 13.6 Å². The van der Waals surface area contributed by atoms with Gasteiger partial charge >= 0.3 is 0 Å². The van der Waals surface area contributed by atoms with E-state index in [4.69, 9.17) is 5.73 Å². The van der Waals surface area contributed by atoms with Crippen molar-refractivity contribution in [2.45, 2.75) is 36.4 Å². The highest BCUT2D eigenvalue weighted by molar-refractivity contribution is 7.91. The topological polar surface area (TPSA) is 63.4 Å². The Morgan fingerprint density at radius 3 is 2.53 bits per heavy atom. The second-order valence-electron chi connectivity index (χ2n) is 4.74. The van der Waals surface area contributed by atoms with Gasteiger partial charge in [0.2, 0.25) is 0 Å². The van der Waals surface area contributed by atoms with Crippen molar-refractivity contribution in [1.82, 2.24) is 4.31 Å². The van der Waals surface area contributed by atoms with Crippen molar-refractivity contribution in [3.8, 4) is 0 Å². The van der Waals surface area contributed by atoms with Gasteiger partial charge in [0.1, 0.15) is 4.21 Å². The first-order valence-corrected chi connectivity index (χ1v) is 8.53. The average Bonchev–Trinajstić information content (AvgIpc) is 3.06. The minimum absolute atomic E-state index is 0. The van der Waals surface area contributed by atoms with Crippen LogP contribution in [0.5, 0.6) is 0 Å². The molecule has 0 radical (unpaired) electrons. The summed E-state index contributed by atoms with van der Waals surface area (Å²) in [6.07, 6.45) is 3.05. The summed E-state index contributed by atoms with van der Waals surface area (Å²) in [5.41, 5.74) is 5.72. The van der Waals surface area contributed by atoms with E-state index in [1.165, 1.54) is 15.6 Å². The minimum atomic E-state index is -3.37. The monoisotopic (exact) mass is 324 g/mol. The molecule has 1 atom stereocenters. The van der Waals surface area contributed by atoms with Gasteiger partial charge in [-0.25, -0.2) is 8.42 Å². The van der Waals surface area contributed by atoms with Crippen molar-refractivity contribution in [3.63, 3.8) is 0 Å². The molecule has 1 heterocycles. The quantitative estimate of drug-likeness (QED) is 0.871. The normalized spacial score (nSPS) is 17.3. The number of rotatable bonds is 6. The second kappa shape index (κ2) is 6.54. The molecule has 1 aliphatic rings. The number of aryl methyl sites for hydroxylation is 1. The molecule has 1 unspecified atom stereocenters. The third-order valence-electron chi connectivity index (χ3n) is 3.49. The van der Waals surface area contributed by atoms with Crippen LogP contribution in [0, 0.1) is 5.92 Å². The predicted octanol–water partition coefficient (Wildman–Crippen LogP) is 2.09. The third kappa shape index (κ3) is 3.49. The highest BCUT2D eigenvalue weighted by Crippen LogP contribution is 2.37. The van der Waals surface area contributed by atoms with Crippen molar-refractivity contribution in [3.05, 3.63) is 17.0 Å². The third-order valence-corrected chi connectivity index (χ3v) is 7.07. The molecule has 1 aliphatic carbocycles. The summed E-state index contributed by atoms with van der Waals surface area (Å²) in [4.78, 5) is 1.10. The first-order chi connectivity index (χ1) is 8.50. The van der Waals surface area contributed by atoms with E-state index in [2.05, 4.69) is 0 Å². The lowest BCUT2D eigenvalue weighted by Crippen LogP contribution is -2.42. The lowest BCUT2D eigenvalue weighted by Gasteiger charge is -2.25. The Morgan fingerprint density at radius 1 is 1.47 bits per heavy atom. The summed E-state index contributed by atoms with van der Waals surface area (Å²) < 4.78 is 26.8. The molecule has 1 aromatic rings. The van der Waals surface area contributed by atoms with Crippen molar-refractivity contribution in [1.29, 1.82) is 0 Å². The first kappa shape index (κ1) is 16.9. The summed E-state index contributed by atoms with van der Waals surface area (Å²) in [7, 11) is -1.72. The van der Waals surface area contributed by atoms with Gasteiger partial charge in [-0.05, 0) is 37.3 Å². The molecule has 110 valence electrons. The van der Waals surface area contributed by atoms with E-state index in [0.717, 1.165) is 24.1 Å². The smallest absolute Gasteiger partial charge is 0.252 e. The molecule has 1 aromatic heterocycles. The van der Waals surface area contributed by atoms with Crippen LogP contribution < -0.4 is 5.73 Å². The van der Waals surface area contributed by atoms with Gasteiger partial charge in [-0.3, -0.25) is 0 Å². The number of likely N-dealkylation sites (N-methyl/N-ethyl adjacent to an activating group) is 1. The Hall–Kier alpha value is -0.140. The summed E-state index contributed by atoms with van der Waals surface area (Å²) in [6, 6.07) is 3.54. The van der Waals surface area contributed by atoms with Crippen LogP contribution in [-0.2, 0) is 16.4 Å². The zero-order valence-corrected chi connectivity index (χ0v) is 13.7. The maximum Gasteiger partial charge on any atom is 0.252 e. The number of thiophene rings is 1. The van der Waals surface area contributed by atoms with Crippen molar-refractivity contribution in [2.24, 2.45) is 11.7 Å². The van der Waals surface area contributed by atoms with E-state index >= 15 is 0 Å². The Bertz CT molecular complexity index is 512. The summed E-state index contributed by atoms with van der Waals surface area (Å²) in [6.45, 7) is 2.42. The van der Waals surface area contributed by atoms with Crippen LogP contribution in [0.1, 0.15) is 24.6 Å². The fraction of sp³-hybridized carbons (Fsp3) is 0.667. The molecule has 2 rings (SSSR count). The van der Waals surface area contributed by atoms with Crippen LogP contribution in [0.2, 0.25) is 0 Å². The van der Waals surface area contributed by atoms with E-state index in [0.29, 0.717) is 16.7 Å². The van der Waals surface area contributed by atoms with Crippen LogP contribution in [0.3, 0.4) is 0 Å². The van der Waals surface area contributed by atoms with E-state index in [-0.39, 0.29) is 18.4 Å². The highest BCUT2D eigenvalue weighted by Gasteiger charge is 2.38. The van der Waals surface area contributed by atoms with E-state index in [1.54, 1.807) is 13.1 Å². The molecule has 0 spiro atoms. The molecule has 1 fully saturated rings. The van der Waals surface area contributed by atoms with Crippen LogP contribution in [0.4, 0.5) is 0 Å². The summed E-state index contributed by atoms with van der Waals surface area (Å²) in [5.74, 6) is 0.445. The molecular formula is C12H21ClN2O2S2. The van der Waals surface area contributed by atoms with E-state index < -0.39 is 10.0 Å². The van der Waals surface area contributed by atoms with Gasteiger partial charge in [-0.2, -0.15) is 4.31 Å². The zero-order valence-electron chi connectivity index (χ0n) is 11.2.